The predicted molar refractivity (Wildman–Crippen MR) is 78.1 cm³/mol. The molecular weight excluding hydrogens is 307 g/mol. The second-order valence-electron chi connectivity index (χ2n) is 4.65. The van der Waals surface area contributed by atoms with Gasteiger partial charge in [0.25, 0.3) is 0 Å². The van der Waals surface area contributed by atoms with Crippen molar-refractivity contribution in [1.82, 2.24) is 0 Å². The molecule has 0 heterocycles. The van der Waals surface area contributed by atoms with E-state index < -0.39 is 0 Å². The van der Waals surface area contributed by atoms with Gasteiger partial charge < -0.3 is 0 Å². The molecule has 0 aliphatic rings. The first kappa shape index (κ1) is 13.9. The number of hydrogen-bond acceptors (Lipinski definition) is 1. The SMILES string of the molecule is Cc1ccc(C)c(C(=O)Cc2ccc(Br)cc2F)c1. The summed E-state index contributed by atoms with van der Waals surface area (Å²) >= 11 is 3.20. The van der Waals surface area contributed by atoms with Crippen molar-refractivity contribution in [1.29, 1.82) is 0 Å². The van der Waals surface area contributed by atoms with Gasteiger partial charge in [0.2, 0.25) is 0 Å². The largest absolute Gasteiger partial charge is 0.294 e. The number of aryl methyl sites for hydroxylation is 2. The topological polar surface area (TPSA) is 17.1 Å². The minimum Gasteiger partial charge on any atom is -0.294 e. The molecule has 0 atom stereocenters. The van der Waals surface area contributed by atoms with Crippen molar-refractivity contribution < 1.29 is 9.18 Å². The third-order valence-electron chi connectivity index (χ3n) is 3.06. The number of hydrogen-bond donors (Lipinski definition) is 0. The van der Waals surface area contributed by atoms with E-state index in [-0.39, 0.29) is 18.0 Å². The van der Waals surface area contributed by atoms with Crippen molar-refractivity contribution in [2.45, 2.75) is 20.3 Å². The minimum atomic E-state index is -0.354. The van der Waals surface area contributed by atoms with Crippen LogP contribution in [0.5, 0.6) is 0 Å². The van der Waals surface area contributed by atoms with Gasteiger partial charge in [0, 0.05) is 16.5 Å². The lowest BCUT2D eigenvalue weighted by molar-refractivity contribution is 0.0991. The molecule has 0 radical (unpaired) electrons. The molecule has 0 bridgehead atoms. The van der Waals surface area contributed by atoms with Crippen LogP contribution < -0.4 is 0 Å². The summed E-state index contributed by atoms with van der Waals surface area (Å²) in [6.07, 6.45) is 0.0867. The summed E-state index contributed by atoms with van der Waals surface area (Å²) in [6, 6.07) is 10.5. The Morgan fingerprint density at radius 1 is 1.16 bits per heavy atom. The van der Waals surface area contributed by atoms with E-state index in [0.717, 1.165) is 11.1 Å². The molecule has 0 unspecified atom stereocenters. The fraction of sp³-hybridized carbons (Fsp3) is 0.188. The van der Waals surface area contributed by atoms with Crippen LogP contribution in [0.2, 0.25) is 0 Å². The molecule has 98 valence electrons. The van der Waals surface area contributed by atoms with E-state index in [4.69, 9.17) is 0 Å². The molecule has 0 N–H and O–H groups in total. The highest BCUT2D eigenvalue weighted by atomic mass is 79.9. The maximum absolute atomic E-state index is 13.7. The minimum absolute atomic E-state index is 0.0533. The van der Waals surface area contributed by atoms with Crippen LogP contribution in [0.25, 0.3) is 0 Å². The van der Waals surface area contributed by atoms with Gasteiger partial charge in [0.15, 0.2) is 5.78 Å². The summed E-state index contributed by atoms with van der Waals surface area (Å²) in [5.41, 5.74) is 3.05. The summed E-state index contributed by atoms with van der Waals surface area (Å²) in [4.78, 5) is 12.2. The Hall–Kier alpha value is -1.48. The summed E-state index contributed by atoms with van der Waals surface area (Å²) in [6.45, 7) is 3.83. The average molecular weight is 321 g/mol. The van der Waals surface area contributed by atoms with Crippen molar-refractivity contribution in [2.24, 2.45) is 0 Å². The quantitative estimate of drug-likeness (QED) is 0.753. The number of carbonyl (C=O) groups is 1. The number of rotatable bonds is 3. The van der Waals surface area contributed by atoms with Crippen molar-refractivity contribution >= 4 is 21.7 Å². The second kappa shape index (κ2) is 5.66. The van der Waals surface area contributed by atoms with E-state index in [0.29, 0.717) is 15.6 Å². The average Bonchev–Trinajstić information content (AvgIpc) is 2.35. The second-order valence-corrected chi connectivity index (χ2v) is 5.57. The standard InChI is InChI=1S/C16H14BrFO/c1-10-3-4-11(2)14(7-10)16(19)8-12-5-6-13(17)9-15(12)18/h3-7,9H,8H2,1-2H3. The zero-order valence-corrected chi connectivity index (χ0v) is 12.4. The molecule has 0 saturated heterocycles. The summed E-state index contributed by atoms with van der Waals surface area (Å²) in [5, 5.41) is 0. The highest BCUT2D eigenvalue weighted by molar-refractivity contribution is 9.10. The van der Waals surface area contributed by atoms with Crippen LogP contribution in [0.1, 0.15) is 27.0 Å². The van der Waals surface area contributed by atoms with Gasteiger partial charge in [-0.3, -0.25) is 4.79 Å². The summed E-state index contributed by atoms with van der Waals surface area (Å²) in [5.74, 6) is -0.407. The van der Waals surface area contributed by atoms with Crippen LogP contribution in [0, 0.1) is 19.7 Å². The lowest BCUT2D eigenvalue weighted by atomic mass is 9.97. The first-order valence-electron chi connectivity index (χ1n) is 6.02. The maximum atomic E-state index is 13.7. The van der Waals surface area contributed by atoms with E-state index in [1.54, 1.807) is 12.1 Å². The van der Waals surface area contributed by atoms with E-state index >= 15 is 0 Å². The molecule has 0 aliphatic carbocycles. The molecule has 1 nitrogen and oxygen atoms in total. The number of ketones is 1. The van der Waals surface area contributed by atoms with Crippen molar-refractivity contribution in [2.75, 3.05) is 0 Å². The number of carbonyl (C=O) groups excluding carboxylic acids is 1. The summed E-state index contributed by atoms with van der Waals surface area (Å²) < 4.78 is 14.4. The molecule has 0 aromatic heterocycles. The molecule has 3 heteroatoms. The molecule has 0 fully saturated rings. The molecule has 2 aromatic carbocycles. The van der Waals surface area contributed by atoms with Gasteiger partial charge in [-0.15, -0.1) is 0 Å². The molecule has 0 aliphatic heterocycles. The Morgan fingerprint density at radius 2 is 1.89 bits per heavy atom. The van der Waals surface area contributed by atoms with Crippen LogP contribution in [0.15, 0.2) is 40.9 Å². The van der Waals surface area contributed by atoms with Gasteiger partial charge in [0.05, 0.1) is 0 Å². The Morgan fingerprint density at radius 3 is 2.58 bits per heavy atom. The highest BCUT2D eigenvalue weighted by Crippen LogP contribution is 2.19. The van der Waals surface area contributed by atoms with Crippen molar-refractivity contribution in [3.05, 3.63) is 68.9 Å². The normalized spacial score (nSPS) is 10.5. The zero-order chi connectivity index (χ0) is 14.0. The van der Waals surface area contributed by atoms with Crippen LogP contribution >= 0.6 is 15.9 Å². The Balaban J connectivity index is 2.28. The highest BCUT2D eigenvalue weighted by Gasteiger charge is 2.13. The molecule has 0 spiro atoms. The zero-order valence-electron chi connectivity index (χ0n) is 10.8. The smallest absolute Gasteiger partial charge is 0.167 e. The van der Waals surface area contributed by atoms with Crippen LogP contribution in [0.4, 0.5) is 4.39 Å². The Bertz CT molecular complexity index is 635. The van der Waals surface area contributed by atoms with Crippen LogP contribution in [0.3, 0.4) is 0 Å². The molecular formula is C16H14BrFO. The third-order valence-corrected chi connectivity index (χ3v) is 3.55. The Kier molecular flexibility index (Phi) is 4.15. The first-order valence-corrected chi connectivity index (χ1v) is 6.81. The van der Waals surface area contributed by atoms with E-state index in [1.807, 2.05) is 32.0 Å². The molecule has 2 rings (SSSR count). The molecule has 2 aromatic rings. The van der Waals surface area contributed by atoms with Gasteiger partial charge in [-0.2, -0.15) is 0 Å². The Labute approximate surface area is 120 Å². The van der Waals surface area contributed by atoms with Crippen LogP contribution in [-0.4, -0.2) is 5.78 Å². The van der Waals surface area contributed by atoms with Crippen molar-refractivity contribution in [3.8, 4) is 0 Å². The predicted octanol–water partition coefficient (Wildman–Crippen LogP) is 4.63. The van der Waals surface area contributed by atoms with E-state index in [2.05, 4.69) is 15.9 Å². The van der Waals surface area contributed by atoms with E-state index in [9.17, 15) is 9.18 Å². The monoisotopic (exact) mass is 320 g/mol. The third kappa shape index (κ3) is 3.29. The van der Waals surface area contributed by atoms with Gasteiger partial charge >= 0.3 is 0 Å². The maximum Gasteiger partial charge on any atom is 0.167 e. The van der Waals surface area contributed by atoms with Gasteiger partial charge in [-0.25, -0.2) is 4.39 Å². The lowest BCUT2D eigenvalue weighted by Crippen LogP contribution is -2.07. The molecule has 0 amide bonds. The van der Waals surface area contributed by atoms with Gasteiger partial charge in [-0.05, 0) is 43.2 Å². The fourth-order valence-corrected chi connectivity index (χ4v) is 2.30. The number of benzene rings is 2. The van der Waals surface area contributed by atoms with Crippen molar-refractivity contribution in [3.63, 3.8) is 0 Å². The number of Topliss-reactive ketones (excluding diaryl/α,β-unsaturated/α-hetero) is 1. The number of halogens is 2. The fourth-order valence-electron chi connectivity index (χ4n) is 1.97. The summed E-state index contributed by atoms with van der Waals surface area (Å²) in [7, 11) is 0. The molecule has 0 saturated carbocycles. The van der Waals surface area contributed by atoms with Gasteiger partial charge in [-0.1, -0.05) is 39.7 Å². The molecule has 19 heavy (non-hydrogen) atoms. The first-order chi connectivity index (χ1) is 8.97. The van der Waals surface area contributed by atoms with Gasteiger partial charge in [0.1, 0.15) is 5.82 Å². The van der Waals surface area contributed by atoms with Crippen LogP contribution in [-0.2, 0) is 6.42 Å². The van der Waals surface area contributed by atoms with E-state index in [1.165, 1.54) is 6.07 Å². The lowest BCUT2D eigenvalue weighted by Gasteiger charge is -2.07.